The Morgan fingerprint density at radius 1 is 0.963 bits per heavy atom. The van der Waals surface area contributed by atoms with Crippen molar-refractivity contribution in [1.29, 1.82) is 0 Å². The van der Waals surface area contributed by atoms with E-state index in [0.29, 0.717) is 5.82 Å². The van der Waals surface area contributed by atoms with Gasteiger partial charge in [0.25, 0.3) is 0 Å². The molecule has 0 saturated heterocycles. The van der Waals surface area contributed by atoms with E-state index in [1.54, 1.807) is 18.0 Å². The molecule has 0 spiro atoms. The van der Waals surface area contributed by atoms with Crippen LogP contribution in [0.1, 0.15) is 32.0 Å². The van der Waals surface area contributed by atoms with Gasteiger partial charge in [-0.25, -0.2) is 4.98 Å². The van der Waals surface area contributed by atoms with Crippen molar-refractivity contribution >= 4 is 23.3 Å². The fourth-order valence-electron chi connectivity index (χ4n) is 2.60. The zero-order valence-corrected chi connectivity index (χ0v) is 16.7. The number of carbonyl (C=O) groups is 2. The average Bonchev–Trinajstić information content (AvgIpc) is 2.53. The monoisotopic (exact) mass is 368 g/mol. The predicted octanol–water partition coefficient (Wildman–Crippen LogP) is 3.20. The molecule has 1 aromatic heterocycles. The highest BCUT2D eigenvalue weighted by molar-refractivity contribution is 5.94. The molecule has 0 radical (unpaired) electrons. The number of hydrogen-bond donors (Lipinski definition) is 2. The molecule has 27 heavy (non-hydrogen) atoms. The third kappa shape index (κ3) is 6.83. The highest BCUT2D eigenvalue weighted by Crippen LogP contribution is 2.23. The molecule has 0 unspecified atom stereocenters. The molecule has 0 aliphatic rings. The van der Waals surface area contributed by atoms with E-state index >= 15 is 0 Å². The van der Waals surface area contributed by atoms with Crippen LogP contribution in [0.3, 0.4) is 0 Å². The first-order chi connectivity index (χ1) is 12.6. The van der Waals surface area contributed by atoms with E-state index in [-0.39, 0.29) is 30.3 Å². The summed E-state index contributed by atoms with van der Waals surface area (Å²) in [7, 11) is 1.73. The number of hydrogen-bond acceptors (Lipinski definition) is 4. The number of amides is 2. The van der Waals surface area contributed by atoms with E-state index in [0.717, 1.165) is 11.4 Å². The summed E-state index contributed by atoms with van der Waals surface area (Å²) in [6.45, 7) is 8.52. The number of carbonyl (C=O) groups excluding carboxylic acids is 2. The first-order valence-corrected chi connectivity index (χ1v) is 8.96. The van der Waals surface area contributed by atoms with Gasteiger partial charge < -0.3 is 10.6 Å². The minimum atomic E-state index is -0.210. The van der Waals surface area contributed by atoms with Crippen LogP contribution in [-0.4, -0.2) is 41.8 Å². The van der Waals surface area contributed by atoms with Crippen LogP contribution >= 0.6 is 0 Å². The molecule has 144 valence electrons. The molecule has 1 aromatic carbocycles. The molecule has 2 aromatic rings. The standard InChI is InChI=1S/C21H28N4O2/c1-15-7-6-8-18(22-15)24-20(27)14-25(5)13-19(26)23-17-11-9-16(10-12-17)21(2,3)4/h6-12H,13-14H2,1-5H3,(H,23,26)(H,22,24,27). The van der Waals surface area contributed by atoms with E-state index in [9.17, 15) is 9.59 Å². The van der Waals surface area contributed by atoms with Crippen molar-refractivity contribution in [2.75, 3.05) is 30.8 Å². The van der Waals surface area contributed by atoms with Gasteiger partial charge in [-0.05, 0) is 49.2 Å². The van der Waals surface area contributed by atoms with E-state index in [4.69, 9.17) is 0 Å². The number of likely N-dealkylation sites (N-methyl/N-ethyl adjacent to an activating group) is 1. The van der Waals surface area contributed by atoms with Crippen molar-refractivity contribution in [3.05, 3.63) is 53.7 Å². The van der Waals surface area contributed by atoms with Crippen LogP contribution < -0.4 is 10.6 Å². The van der Waals surface area contributed by atoms with Crippen LogP contribution in [0.25, 0.3) is 0 Å². The molecule has 0 atom stereocenters. The molecule has 2 amide bonds. The number of rotatable bonds is 6. The summed E-state index contributed by atoms with van der Waals surface area (Å²) in [6.07, 6.45) is 0. The summed E-state index contributed by atoms with van der Waals surface area (Å²) in [5.41, 5.74) is 2.86. The lowest BCUT2D eigenvalue weighted by molar-refractivity contribution is -0.119. The van der Waals surface area contributed by atoms with Gasteiger partial charge in [0.1, 0.15) is 5.82 Å². The maximum Gasteiger partial charge on any atom is 0.239 e. The SMILES string of the molecule is Cc1cccc(NC(=O)CN(C)CC(=O)Nc2ccc(C(C)(C)C)cc2)n1. The number of pyridine rings is 1. The number of nitrogens with zero attached hydrogens (tertiary/aromatic N) is 2. The van der Waals surface area contributed by atoms with Gasteiger partial charge in [-0.15, -0.1) is 0 Å². The Balaban J connectivity index is 1.81. The van der Waals surface area contributed by atoms with Gasteiger partial charge in [0.15, 0.2) is 0 Å². The lowest BCUT2D eigenvalue weighted by Crippen LogP contribution is -2.36. The van der Waals surface area contributed by atoms with Crippen LogP contribution in [0.15, 0.2) is 42.5 Å². The molecule has 2 rings (SSSR count). The molecule has 6 nitrogen and oxygen atoms in total. The second kappa shape index (κ2) is 8.77. The number of aryl methyl sites for hydroxylation is 1. The first-order valence-electron chi connectivity index (χ1n) is 8.96. The van der Waals surface area contributed by atoms with Crippen LogP contribution in [-0.2, 0) is 15.0 Å². The summed E-state index contributed by atoms with van der Waals surface area (Å²) in [6, 6.07) is 13.3. The molecular formula is C21H28N4O2. The average molecular weight is 368 g/mol. The Hall–Kier alpha value is -2.73. The Kier molecular flexibility index (Phi) is 6.69. The highest BCUT2D eigenvalue weighted by atomic mass is 16.2. The number of benzene rings is 1. The van der Waals surface area contributed by atoms with E-state index in [1.807, 2.05) is 43.3 Å². The smallest absolute Gasteiger partial charge is 0.239 e. The fourth-order valence-corrected chi connectivity index (χ4v) is 2.60. The van der Waals surface area contributed by atoms with E-state index in [2.05, 4.69) is 36.4 Å². The minimum Gasteiger partial charge on any atom is -0.325 e. The first kappa shape index (κ1) is 20.6. The maximum absolute atomic E-state index is 12.2. The molecule has 1 heterocycles. The second-order valence-corrected chi connectivity index (χ2v) is 7.76. The van der Waals surface area contributed by atoms with Crippen molar-refractivity contribution in [3.8, 4) is 0 Å². The van der Waals surface area contributed by atoms with E-state index < -0.39 is 0 Å². The summed E-state index contributed by atoms with van der Waals surface area (Å²) in [5.74, 6) is 0.136. The van der Waals surface area contributed by atoms with E-state index in [1.165, 1.54) is 5.56 Å². The highest BCUT2D eigenvalue weighted by Gasteiger charge is 2.14. The van der Waals surface area contributed by atoms with Gasteiger partial charge in [0.2, 0.25) is 11.8 Å². The van der Waals surface area contributed by atoms with Crippen LogP contribution in [0.4, 0.5) is 11.5 Å². The third-order valence-corrected chi connectivity index (χ3v) is 4.02. The Bertz CT molecular complexity index is 795. The summed E-state index contributed by atoms with van der Waals surface area (Å²) < 4.78 is 0. The molecular weight excluding hydrogens is 340 g/mol. The van der Waals surface area contributed by atoms with Gasteiger partial charge in [-0.1, -0.05) is 39.0 Å². The molecule has 0 bridgehead atoms. The van der Waals surface area contributed by atoms with Gasteiger partial charge >= 0.3 is 0 Å². The van der Waals surface area contributed by atoms with Crippen LogP contribution in [0.2, 0.25) is 0 Å². The summed E-state index contributed by atoms with van der Waals surface area (Å²) in [4.78, 5) is 30.2. The van der Waals surface area contributed by atoms with Crippen LogP contribution in [0.5, 0.6) is 0 Å². The van der Waals surface area contributed by atoms with Crippen molar-refractivity contribution in [2.24, 2.45) is 0 Å². The van der Waals surface area contributed by atoms with Gasteiger partial charge in [-0.3, -0.25) is 14.5 Å². The normalized spacial score (nSPS) is 11.3. The van der Waals surface area contributed by atoms with Crippen molar-refractivity contribution in [3.63, 3.8) is 0 Å². The zero-order chi connectivity index (χ0) is 20.0. The maximum atomic E-state index is 12.2. The lowest BCUT2D eigenvalue weighted by atomic mass is 9.87. The lowest BCUT2D eigenvalue weighted by Gasteiger charge is -2.19. The summed E-state index contributed by atoms with van der Waals surface area (Å²) in [5, 5.41) is 5.59. The van der Waals surface area contributed by atoms with Crippen molar-refractivity contribution < 1.29 is 9.59 Å². The van der Waals surface area contributed by atoms with Gasteiger partial charge in [0, 0.05) is 11.4 Å². The Morgan fingerprint density at radius 3 is 2.11 bits per heavy atom. The predicted molar refractivity (Wildman–Crippen MR) is 109 cm³/mol. The topological polar surface area (TPSA) is 74.3 Å². The number of aromatic nitrogens is 1. The van der Waals surface area contributed by atoms with Crippen LogP contribution in [0, 0.1) is 6.92 Å². The molecule has 2 N–H and O–H groups in total. The number of nitrogens with one attached hydrogen (secondary N) is 2. The largest absolute Gasteiger partial charge is 0.325 e. The summed E-state index contributed by atoms with van der Waals surface area (Å²) >= 11 is 0. The Labute approximate surface area is 161 Å². The molecule has 6 heteroatoms. The zero-order valence-electron chi connectivity index (χ0n) is 16.7. The van der Waals surface area contributed by atoms with Gasteiger partial charge in [0.05, 0.1) is 13.1 Å². The second-order valence-electron chi connectivity index (χ2n) is 7.76. The van der Waals surface area contributed by atoms with Crippen molar-refractivity contribution in [2.45, 2.75) is 33.1 Å². The number of anilines is 2. The molecule has 0 aliphatic heterocycles. The van der Waals surface area contributed by atoms with Crippen molar-refractivity contribution in [1.82, 2.24) is 9.88 Å². The molecule has 0 saturated carbocycles. The third-order valence-electron chi connectivity index (χ3n) is 4.02. The Morgan fingerprint density at radius 2 is 1.56 bits per heavy atom. The minimum absolute atomic E-state index is 0.0717. The fraction of sp³-hybridized carbons (Fsp3) is 0.381. The molecule has 0 aliphatic carbocycles. The molecule has 0 fully saturated rings. The quantitative estimate of drug-likeness (QED) is 0.821. The van der Waals surface area contributed by atoms with Gasteiger partial charge in [-0.2, -0.15) is 0 Å².